The summed E-state index contributed by atoms with van der Waals surface area (Å²) in [6.45, 7) is 9.22. The van der Waals surface area contributed by atoms with Crippen molar-refractivity contribution in [1.29, 1.82) is 0 Å². The summed E-state index contributed by atoms with van der Waals surface area (Å²) in [6.07, 6.45) is 2.66. The van der Waals surface area contributed by atoms with Gasteiger partial charge in [-0.1, -0.05) is 12.1 Å². The van der Waals surface area contributed by atoms with Crippen molar-refractivity contribution in [1.82, 2.24) is 10.2 Å². The zero-order chi connectivity index (χ0) is 15.7. The van der Waals surface area contributed by atoms with E-state index in [2.05, 4.69) is 37.0 Å². The fraction of sp³-hybridized carbons (Fsp3) is 0.529. The van der Waals surface area contributed by atoms with Gasteiger partial charge in [0.05, 0.1) is 13.7 Å². The maximum Gasteiger partial charge on any atom is 0.164 e. The number of methoxy groups -OCH3 is 1. The molecule has 0 heterocycles. The Morgan fingerprint density at radius 3 is 2.48 bits per heavy atom. The molecule has 0 amide bonds. The van der Waals surface area contributed by atoms with Crippen LogP contribution in [0.5, 0.6) is 11.5 Å². The van der Waals surface area contributed by atoms with Crippen LogP contribution in [0.1, 0.15) is 18.1 Å². The van der Waals surface area contributed by atoms with Crippen molar-refractivity contribution in [3.8, 4) is 11.5 Å². The van der Waals surface area contributed by atoms with Gasteiger partial charge in [0.25, 0.3) is 0 Å². The van der Waals surface area contributed by atoms with Crippen LogP contribution in [0.25, 0.3) is 0 Å². The Bertz CT molecular complexity index is 454. The molecule has 0 saturated carbocycles. The van der Waals surface area contributed by atoms with Crippen molar-refractivity contribution in [2.45, 2.75) is 19.9 Å². The van der Waals surface area contributed by atoms with Gasteiger partial charge in [-0.2, -0.15) is 0 Å². The first-order chi connectivity index (χ1) is 10.1. The predicted molar refractivity (Wildman–Crippen MR) is 103 cm³/mol. The lowest BCUT2D eigenvalue weighted by molar-refractivity contribution is 0.308. The number of hydrogen-bond donors (Lipinski definition) is 1. The fourth-order valence-corrected chi connectivity index (χ4v) is 2.13. The summed E-state index contributed by atoms with van der Waals surface area (Å²) in [7, 11) is 5.83. The minimum atomic E-state index is 0. The second kappa shape index (κ2) is 13.5. The molecule has 1 N–H and O–H groups in total. The van der Waals surface area contributed by atoms with E-state index in [4.69, 9.17) is 9.47 Å². The first-order valence-electron chi connectivity index (χ1n) is 7.41. The topological polar surface area (TPSA) is 33.7 Å². The molecule has 0 spiro atoms. The summed E-state index contributed by atoms with van der Waals surface area (Å²) in [5.74, 6) is 1.62. The maximum atomic E-state index is 5.72. The largest absolute Gasteiger partial charge is 0.493 e. The van der Waals surface area contributed by atoms with Gasteiger partial charge < -0.3 is 19.7 Å². The van der Waals surface area contributed by atoms with Crippen LogP contribution >= 0.6 is 24.8 Å². The van der Waals surface area contributed by atoms with Crippen LogP contribution in [0.2, 0.25) is 0 Å². The molecule has 6 heteroatoms. The monoisotopic (exact) mass is 364 g/mol. The highest BCUT2D eigenvalue weighted by molar-refractivity contribution is 5.85. The first-order valence-corrected chi connectivity index (χ1v) is 7.41. The highest BCUT2D eigenvalue weighted by atomic mass is 35.5. The molecular formula is C17H30Cl2N2O2. The summed E-state index contributed by atoms with van der Waals surface area (Å²) in [5, 5.41) is 3.44. The summed E-state index contributed by atoms with van der Waals surface area (Å²) in [4.78, 5) is 2.16. The van der Waals surface area contributed by atoms with Crippen LogP contribution in [0.3, 0.4) is 0 Å². The van der Waals surface area contributed by atoms with Gasteiger partial charge in [0.1, 0.15) is 0 Å². The van der Waals surface area contributed by atoms with Crippen molar-refractivity contribution in [2.75, 3.05) is 40.9 Å². The molecule has 1 aromatic rings. The molecule has 0 aromatic heterocycles. The maximum absolute atomic E-state index is 5.72. The standard InChI is InChI=1S/C17H28N2O2.2ClH/c1-6-8-15-11-14(13-18-9-10-19(3)4)12-16(20-5)17(15)21-7-2;;/h6,11-12,18H,1,7-10,13H2,2-5H3;2*1H. The number of likely N-dealkylation sites (N-methyl/N-ethyl adjacent to an activating group) is 1. The van der Waals surface area contributed by atoms with Crippen LogP contribution in [0, 0.1) is 0 Å². The highest BCUT2D eigenvalue weighted by Crippen LogP contribution is 2.33. The van der Waals surface area contributed by atoms with Crippen LogP contribution in [-0.2, 0) is 13.0 Å². The van der Waals surface area contributed by atoms with E-state index >= 15 is 0 Å². The van der Waals surface area contributed by atoms with Crippen LogP contribution in [0.4, 0.5) is 0 Å². The molecule has 4 nitrogen and oxygen atoms in total. The molecule has 0 aliphatic carbocycles. The van der Waals surface area contributed by atoms with E-state index in [0.717, 1.165) is 43.1 Å². The molecule has 23 heavy (non-hydrogen) atoms. The lowest BCUT2D eigenvalue weighted by Crippen LogP contribution is -2.26. The quantitative estimate of drug-likeness (QED) is 0.510. The molecule has 0 fully saturated rings. The lowest BCUT2D eigenvalue weighted by Gasteiger charge is -2.16. The van der Waals surface area contributed by atoms with Crippen molar-refractivity contribution in [3.63, 3.8) is 0 Å². The van der Waals surface area contributed by atoms with E-state index in [0.29, 0.717) is 6.61 Å². The molecule has 0 atom stereocenters. The van der Waals surface area contributed by atoms with Gasteiger partial charge in [-0.3, -0.25) is 0 Å². The highest BCUT2D eigenvalue weighted by Gasteiger charge is 2.12. The number of nitrogens with one attached hydrogen (secondary N) is 1. The Kier molecular flexibility index (Phi) is 14.3. The second-order valence-electron chi connectivity index (χ2n) is 5.19. The minimum Gasteiger partial charge on any atom is -0.493 e. The van der Waals surface area contributed by atoms with E-state index in [1.165, 1.54) is 5.56 Å². The number of ether oxygens (including phenoxy) is 2. The molecule has 134 valence electrons. The summed E-state index contributed by atoms with van der Waals surface area (Å²) in [5.41, 5.74) is 2.32. The molecule has 0 saturated heterocycles. The lowest BCUT2D eigenvalue weighted by atomic mass is 10.1. The Hall–Kier alpha value is -0.940. The van der Waals surface area contributed by atoms with Gasteiger partial charge in [-0.25, -0.2) is 0 Å². The van der Waals surface area contributed by atoms with Crippen LogP contribution in [0.15, 0.2) is 24.8 Å². The molecule has 0 aliphatic rings. The van der Waals surface area contributed by atoms with Gasteiger partial charge in [0.15, 0.2) is 11.5 Å². The molecule has 0 bridgehead atoms. The van der Waals surface area contributed by atoms with Crippen LogP contribution < -0.4 is 14.8 Å². The van der Waals surface area contributed by atoms with Gasteiger partial charge in [0.2, 0.25) is 0 Å². The Labute approximate surface area is 153 Å². The number of hydrogen-bond acceptors (Lipinski definition) is 4. The summed E-state index contributed by atoms with van der Waals surface area (Å²) >= 11 is 0. The zero-order valence-corrected chi connectivity index (χ0v) is 16.2. The zero-order valence-electron chi connectivity index (χ0n) is 14.6. The Morgan fingerprint density at radius 1 is 1.26 bits per heavy atom. The van der Waals surface area contributed by atoms with Crippen molar-refractivity contribution in [3.05, 3.63) is 35.9 Å². The number of benzene rings is 1. The molecule has 1 rings (SSSR count). The third-order valence-corrected chi connectivity index (χ3v) is 3.13. The van der Waals surface area contributed by atoms with E-state index in [1.54, 1.807) is 7.11 Å². The Morgan fingerprint density at radius 2 is 1.96 bits per heavy atom. The van der Waals surface area contributed by atoms with Crippen molar-refractivity contribution in [2.24, 2.45) is 0 Å². The SMILES string of the molecule is C=CCc1cc(CNCCN(C)C)cc(OC)c1OCC.Cl.Cl. The van der Waals surface area contributed by atoms with E-state index in [1.807, 2.05) is 19.1 Å². The van der Waals surface area contributed by atoms with Gasteiger partial charge in [0, 0.05) is 25.2 Å². The summed E-state index contributed by atoms with van der Waals surface area (Å²) < 4.78 is 11.2. The Balaban J connectivity index is 0. The fourth-order valence-electron chi connectivity index (χ4n) is 2.13. The van der Waals surface area contributed by atoms with E-state index in [-0.39, 0.29) is 24.8 Å². The van der Waals surface area contributed by atoms with Gasteiger partial charge in [-0.05, 0) is 39.1 Å². The van der Waals surface area contributed by atoms with Crippen LogP contribution in [-0.4, -0.2) is 45.8 Å². The number of halogens is 2. The van der Waals surface area contributed by atoms with Gasteiger partial charge in [-0.15, -0.1) is 31.4 Å². The number of rotatable bonds is 10. The first kappa shape index (κ1) is 24.3. The smallest absolute Gasteiger partial charge is 0.164 e. The average Bonchev–Trinajstić information content (AvgIpc) is 2.46. The summed E-state index contributed by atoms with van der Waals surface area (Å²) in [6, 6.07) is 4.21. The second-order valence-corrected chi connectivity index (χ2v) is 5.19. The van der Waals surface area contributed by atoms with E-state index in [9.17, 15) is 0 Å². The van der Waals surface area contributed by atoms with E-state index < -0.39 is 0 Å². The number of nitrogens with zero attached hydrogens (tertiary/aromatic N) is 1. The molecule has 0 unspecified atom stereocenters. The molecule has 0 aliphatic heterocycles. The van der Waals surface area contributed by atoms with Gasteiger partial charge >= 0.3 is 0 Å². The van der Waals surface area contributed by atoms with Crippen molar-refractivity contribution >= 4 is 24.8 Å². The molecule has 1 aromatic carbocycles. The normalized spacial score (nSPS) is 9.78. The molecular weight excluding hydrogens is 335 g/mol. The third-order valence-electron chi connectivity index (χ3n) is 3.13. The average molecular weight is 365 g/mol. The molecule has 0 radical (unpaired) electrons. The minimum absolute atomic E-state index is 0. The predicted octanol–water partition coefficient (Wildman–Crippen LogP) is 3.32. The number of allylic oxidation sites excluding steroid dienone is 1. The third kappa shape index (κ3) is 8.47. The van der Waals surface area contributed by atoms with Crippen molar-refractivity contribution < 1.29 is 9.47 Å².